The zero-order valence-corrected chi connectivity index (χ0v) is 18.7. The Kier molecular flexibility index (Phi) is 5.78. The first kappa shape index (κ1) is 20.8. The summed E-state index contributed by atoms with van der Waals surface area (Å²) >= 11 is 2.64. The SMILES string of the molecule is COc1ccc(OC)c(S(=O)(=O)N2CCc3nc(NC(=O)c4cccs4)sc3C2)c1. The smallest absolute Gasteiger partial charge is 0.267 e. The number of fused-ring (bicyclic) bond motifs is 1. The van der Waals surface area contributed by atoms with Gasteiger partial charge in [0.2, 0.25) is 10.0 Å². The van der Waals surface area contributed by atoms with Crippen LogP contribution in [-0.4, -0.2) is 44.4 Å². The Hall–Kier alpha value is -2.47. The number of sulfonamides is 1. The summed E-state index contributed by atoms with van der Waals surface area (Å²) < 4.78 is 38.4. The van der Waals surface area contributed by atoms with E-state index in [0.717, 1.165) is 10.6 Å². The molecule has 1 aliphatic rings. The molecule has 3 aromatic rings. The van der Waals surface area contributed by atoms with Gasteiger partial charge >= 0.3 is 0 Å². The number of aromatic nitrogens is 1. The van der Waals surface area contributed by atoms with E-state index >= 15 is 0 Å². The summed E-state index contributed by atoms with van der Waals surface area (Å²) in [7, 11) is -0.896. The third-order valence-electron chi connectivity index (χ3n) is 4.65. The monoisotopic (exact) mass is 465 g/mol. The second-order valence-corrected chi connectivity index (χ2v) is 10.4. The summed E-state index contributed by atoms with van der Waals surface area (Å²) in [5.41, 5.74) is 0.811. The third-order valence-corrected chi connectivity index (χ3v) is 8.38. The Morgan fingerprint density at radius 1 is 1.23 bits per heavy atom. The predicted molar refractivity (Wildman–Crippen MR) is 115 cm³/mol. The summed E-state index contributed by atoms with van der Waals surface area (Å²) in [6, 6.07) is 8.23. The van der Waals surface area contributed by atoms with Crippen molar-refractivity contribution in [3.05, 3.63) is 51.2 Å². The van der Waals surface area contributed by atoms with Crippen molar-refractivity contribution < 1.29 is 22.7 Å². The van der Waals surface area contributed by atoms with Gasteiger partial charge in [0, 0.05) is 23.9 Å². The van der Waals surface area contributed by atoms with Crippen LogP contribution in [0.2, 0.25) is 0 Å². The number of amides is 1. The zero-order chi connectivity index (χ0) is 21.3. The Morgan fingerprint density at radius 2 is 2.07 bits per heavy atom. The first-order chi connectivity index (χ1) is 14.4. The third kappa shape index (κ3) is 3.93. The normalized spacial score (nSPS) is 14.2. The molecule has 1 aromatic carbocycles. The summed E-state index contributed by atoms with van der Waals surface area (Å²) in [5.74, 6) is 0.472. The lowest BCUT2D eigenvalue weighted by Gasteiger charge is -2.26. The lowest BCUT2D eigenvalue weighted by molar-refractivity contribution is 0.103. The van der Waals surface area contributed by atoms with E-state index in [-0.39, 0.29) is 29.6 Å². The van der Waals surface area contributed by atoms with Crippen LogP contribution in [-0.2, 0) is 23.0 Å². The number of thiazole rings is 1. The molecule has 0 fully saturated rings. The van der Waals surface area contributed by atoms with Gasteiger partial charge < -0.3 is 9.47 Å². The van der Waals surface area contributed by atoms with Crippen molar-refractivity contribution in [1.29, 1.82) is 0 Å². The Balaban J connectivity index is 1.57. The van der Waals surface area contributed by atoms with E-state index in [0.29, 0.717) is 22.2 Å². The summed E-state index contributed by atoms with van der Waals surface area (Å²) in [5, 5.41) is 5.09. The van der Waals surface area contributed by atoms with Crippen molar-refractivity contribution in [2.24, 2.45) is 0 Å². The number of anilines is 1. The Bertz CT molecular complexity index is 1170. The fourth-order valence-corrected chi connectivity index (χ4v) is 6.42. The minimum Gasteiger partial charge on any atom is -0.497 e. The molecule has 0 atom stereocenters. The van der Waals surface area contributed by atoms with Gasteiger partial charge in [-0.05, 0) is 23.6 Å². The molecule has 0 unspecified atom stereocenters. The van der Waals surface area contributed by atoms with Crippen molar-refractivity contribution in [2.45, 2.75) is 17.9 Å². The van der Waals surface area contributed by atoms with Crippen LogP contribution < -0.4 is 14.8 Å². The van der Waals surface area contributed by atoms with Crippen molar-refractivity contribution >= 4 is 43.7 Å². The maximum Gasteiger partial charge on any atom is 0.267 e. The summed E-state index contributed by atoms with van der Waals surface area (Å²) in [6.45, 7) is 0.475. The van der Waals surface area contributed by atoms with Crippen LogP contribution in [0.4, 0.5) is 5.13 Å². The maximum atomic E-state index is 13.3. The summed E-state index contributed by atoms with van der Waals surface area (Å²) in [4.78, 5) is 18.2. The van der Waals surface area contributed by atoms with Gasteiger partial charge in [0.05, 0.1) is 31.3 Å². The lowest BCUT2D eigenvalue weighted by Crippen LogP contribution is -2.35. The van der Waals surface area contributed by atoms with E-state index in [9.17, 15) is 13.2 Å². The molecule has 0 radical (unpaired) electrons. The molecule has 0 aliphatic carbocycles. The van der Waals surface area contributed by atoms with Gasteiger partial charge in [-0.1, -0.05) is 6.07 Å². The zero-order valence-electron chi connectivity index (χ0n) is 16.2. The van der Waals surface area contributed by atoms with Crippen LogP contribution >= 0.6 is 22.7 Å². The second kappa shape index (κ2) is 8.34. The largest absolute Gasteiger partial charge is 0.497 e. The number of carbonyl (C=O) groups is 1. The molecule has 1 aliphatic heterocycles. The molecule has 2 aromatic heterocycles. The maximum absolute atomic E-state index is 13.3. The van der Waals surface area contributed by atoms with Crippen molar-refractivity contribution in [3.8, 4) is 11.5 Å². The number of methoxy groups -OCH3 is 2. The number of hydrogen-bond acceptors (Lipinski definition) is 8. The van der Waals surface area contributed by atoms with Crippen LogP contribution in [0.3, 0.4) is 0 Å². The topological polar surface area (TPSA) is 97.8 Å². The number of rotatable bonds is 6. The van der Waals surface area contributed by atoms with Gasteiger partial charge in [-0.2, -0.15) is 4.31 Å². The van der Waals surface area contributed by atoms with Crippen molar-refractivity contribution in [3.63, 3.8) is 0 Å². The second-order valence-electron chi connectivity index (χ2n) is 6.43. The average molecular weight is 466 g/mol. The fraction of sp³-hybridized carbons (Fsp3) is 0.263. The number of nitrogens with one attached hydrogen (secondary N) is 1. The van der Waals surface area contributed by atoms with Crippen LogP contribution in [0.1, 0.15) is 20.2 Å². The first-order valence-corrected chi connectivity index (χ1v) is 12.1. The van der Waals surface area contributed by atoms with Crippen molar-refractivity contribution in [1.82, 2.24) is 9.29 Å². The molecule has 1 amide bonds. The van der Waals surface area contributed by atoms with Gasteiger partial charge in [0.15, 0.2) is 5.13 Å². The highest BCUT2D eigenvalue weighted by Crippen LogP contribution is 2.35. The molecule has 1 N–H and O–H groups in total. The number of thiophene rings is 1. The van der Waals surface area contributed by atoms with E-state index in [4.69, 9.17) is 9.47 Å². The Morgan fingerprint density at radius 3 is 2.77 bits per heavy atom. The highest BCUT2D eigenvalue weighted by atomic mass is 32.2. The van der Waals surface area contributed by atoms with Crippen molar-refractivity contribution in [2.75, 3.05) is 26.1 Å². The molecule has 0 saturated carbocycles. The molecule has 30 heavy (non-hydrogen) atoms. The van der Waals surface area contributed by atoms with Gasteiger partial charge in [0.1, 0.15) is 16.4 Å². The number of hydrogen-bond donors (Lipinski definition) is 1. The molecule has 3 heterocycles. The molecule has 0 saturated heterocycles. The highest BCUT2D eigenvalue weighted by molar-refractivity contribution is 7.89. The Labute approximate surface area is 182 Å². The molecule has 8 nitrogen and oxygen atoms in total. The average Bonchev–Trinajstić information content (AvgIpc) is 3.42. The molecule has 11 heteroatoms. The van der Waals surface area contributed by atoms with Gasteiger partial charge in [-0.15, -0.1) is 22.7 Å². The van der Waals surface area contributed by atoms with Crippen LogP contribution in [0, 0.1) is 0 Å². The van der Waals surface area contributed by atoms with E-state index in [2.05, 4.69) is 10.3 Å². The van der Waals surface area contributed by atoms with Gasteiger partial charge in [-0.3, -0.25) is 10.1 Å². The standard InChI is InChI=1S/C19H19N3O5S3/c1-26-12-5-6-14(27-2)17(10-12)30(24,25)22-8-7-13-16(11-22)29-19(20-13)21-18(23)15-4-3-9-28-15/h3-6,9-10H,7-8,11H2,1-2H3,(H,20,21,23). The quantitative estimate of drug-likeness (QED) is 0.600. The van der Waals surface area contributed by atoms with Crippen LogP contribution in [0.15, 0.2) is 40.6 Å². The number of nitrogens with zero attached hydrogens (tertiary/aromatic N) is 2. The highest BCUT2D eigenvalue weighted by Gasteiger charge is 2.33. The molecule has 158 valence electrons. The van der Waals surface area contributed by atoms with Crippen LogP contribution in [0.5, 0.6) is 11.5 Å². The number of carbonyl (C=O) groups excluding carboxylic acids is 1. The fourth-order valence-electron chi connectivity index (χ4n) is 3.12. The van der Waals surface area contributed by atoms with E-state index in [1.165, 1.54) is 47.3 Å². The van der Waals surface area contributed by atoms with Gasteiger partial charge in [-0.25, -0.2) is 13.4 Å². The lowest BCUT2D eigenvalue weighted by atomic mass is 10.2. The molecule has 0 spiro atoms. The minimum atomic E-state index is -3.81. The van der Waals surface area contributed by atoms with E-state index in [1.807, 2.05) is 11.4 Å². The molecular formula is C19H19N3O5S3. The van der Waals surface area contributed by atoms with Crippen LogP contribution in [0.25, 0.3) is 0 Å². The summed E-state index contributed by atoms with van der Waals surface area (Å²) in [6.07, 6.45) is 0.465. The van der Waals surface area contributed by atoms with E-state index in [1.54, 1.807) is 18.2 Å². The molecule has 4 rings (SSSR count). The molecular weight excluding hydrogens is 446 g/mol. The van der Waals surface area contributed by atoms with Gasteiger partial charge in [0.25, 0.3) is 5.91 Å². The minimum absolute atomic E-state index is 0.0588. The number of benzene rings is 1. The van der Waals surface area contributed by atoms with E-state index < -0.39 is 10.0 Å². The molecule has 0 bridgehead atoms. The number of ether oxygens (including phenoxy) is 2. The first-order valence-electron chi connectivity index (χ1n) is 8.98. The predicted octanol–water partition coefficient (Wildman–Crippen LogP) is 3.22.